The molecular formula is C21H20N2O3S. The van der Waals surface area contributed by atoms with Gasteiger partial charge in [-0.15, -0.1) is 11.3 Å². The number of ether oxygens (including phenoxy) is 1. The fourth-order valence-corrected chi connectivity index (χ4v) is 4.48. The maximum absolute atomic E-state index is 13.3. The van der Waals surface area contributed by atoms with Crippen LogP contribution in [0.2, 0.25) is 0 Å². The van der Waals surface area contributed by atoms with Crippen LogP contribution in [0.4, 0.5) is 5.13 Å². The summed E-state index contributed by atoms with van der Waals surface area (Å²) < 4.78 is 5.40. The predicted octanol–water partition coefficient (Wildman–Crippen LogP) is 4.19. The highest BCUT2D eigenvalue weighted by molar-refractivity contribution is 7.13. The number of amides is 1. The van der Waals surface area contributed by atoms with Crippen LogP contribution in [0.25, 0.3) is 0 Å². The normalized spacial score (nSPS) is 20.9. The van der Waals surface area contributed by atoms with Crippen LogP contribution in [0.5, 0.6) is 11.5 Å². The van der Waals surface area contributed by atoms with Crippen molar-refractivity contribution in [2.75, 3.05) is 12.4 Å². The van der Waals surface area contributed by atoms with Gasteiger partial charge in [0.15, 0.2) is 5.13 Å². The number of rotatable bonds is 4. The first-order valence-electron chi connectivity index (χ1n) is 8.68. The van der Waals surface area contributed by atoms with E-state index in [0.717, 1.165) is 22.4 Å². The number of fused-ring (bicyclic) bond motifs is 1. The Morgan fingerprint density at radius 2 is 2.19 bits per heavy atom. The van der Waals surface area contributed by atoms with Gasteiger partial charge in [-0.25, -0.2) is 4.98 Å². The van der Waals surface area contributed by atoms with Crippen molar-refractivity contribution in [2.24, 2.45) is 5.41 Å². The molecule has 4 rings (SSSR count). The number of aromatic hydroxyl groups is 1. The van der Waals surface area contributed by atoms with Gasteiger partial charge in [0, 0.05) is 17.5 Å². The minimum atomic E-state index is -0.714. The summed E-state index contributed by atoms with van der Waals surface area (Å²) in [6.45, 7) is 1.97. The Balaban J connectivity index is 1.81. The van der Waals surface area contributed by atoms with Gasteiger partial charge in [0.2, 0.25) is 5.91 Å². The fraction of sp³-hybridized carbons (Fsp3) is 0.238. The largest absolute Gasteiger partial charge is 0.508 e. The third-order valence-corrected chi connectivity index (χ3v) is 5.92. The Morgan fingerprint density at radius 3 is 2.89 bits per heavy atom. The summed E-state index contributed by atoms with van der Waals surface area (Å²) in [7, 11) is 1.63. The number of anilines is 1. The van der Waals surface area contributed by atoms with E-state index in [1.54, 1.807) is 25.4 Å². The molecule has 1 aromatic heterocycles. The number of aromatic nitrogens is 1. The second-order valence-electron chi connectivity index (χ2n) is 6.98. The number of benzene rings is 2. The first-order chi connectivity index (χ1) is 13.0. The lowest BCUT2D eigenvalue weighted by Crippen LogP contribution is -2.37. The molecule has 0 bridgehead atoms. The molecular weight excluding hydrogens is 360 g/mol. The van der Waals surface area contributed by atoms with Crippen molar-refractivity contribution >= 4 is 22.4 Å². The average molecular weight is 380 g/mol. The molecule has 0 aliphatic heterocycles. The summed E-state index contributed by atoms with van der Waals surface area (Å²) >= 11 is 1.40. The average Bonchev–Trinajstić information content (AvgIpc) is 3.26. The van der Waals surface area contributed by atoms with Gasteiger partial charge >= 0.3 is 0 Å². The van der Waals surface area contributed by atoms with Crippen molar-refractivity contribution < 1.29 is 14.6 Å². The molecule has 1 aliphatic carbocycles. The zero-order valence-corrected chi connectivity index (χ0v) is 15.9. The molecule has 2 aromatic carbocycles. The Morgan fingerprint density at radius 1 is 1.33 bits per heavy atom. The molecule has 1 heterocycles. The van der Waals surface area contributed by atoms with Gasteiger partial charge in [-0.1, -0.05) is 18.2 Å². The van der Waals surface area contributed by atoms with Crippen molar-refractivity contribution in [1.29, 1.82) is 0 Å². The van der Waals surface area contributed by atoms with E-state index < -0.39 is 5.41 Å². The van der Waals surface area contributed by atoms with Crippen LogP contribution < -0.4 is 10.1 Å². The van der Waals surface area contributed by atoms with Crippen molar-refractivity contribution in [3.63, 3.8) is 0 Å². The molecule has 3 aromatic rings. The quantitative estimate of drug-likeness (QED) is 0.712. The molecule has 2 unspecified atom stereocenters. The molecule has 1 amide bonds. The molecule has 0 radical (unpaired) electrons. The Labute approximate surface area is 161 Å². The zero-order chi connectivity index (χ0) is 19.0. The maximum atomic E-state index is 13.3. The number of hydrogen-bond donors (Lipinski definition) is 2. The molecule has 2 atom stereocenters. The number of hydrogen-bond acceptors (Lipinski definition) is 5. The number of carbonyl (C=O) groups is 1. The topological polar surface area (TPSA) is 71.5 Å². The maximum Gasteiger partial charge on any atom is 0.233 e. The van der Waals surface area contributed by atoms with E-state index in [1.807, 2.05) is 42.6 Å². The number of phenolic OH excluding ortho intramolecular Hbond substituents is 1. The standard InChI is InChI=1S/C21H20N2O3S/c1-21(19(25)23-20-22-8-9-27-20)12-14-6-7-16(26-2)11-17(14)18(21)13-4-3-5-15(24)10-13/h3-11,18,24H,12H2,1-2H3,(H,22,23,25). The third kappa shape index (κ3) is 3.06. The van der Waals surface area contributed by atoms with Gasteiger partial charge in [0.05, 0.1) is 12.5 Å². The molecule has 6 heteroatoms. The molecule has 138 valence electrons. The smallest absolute Gasteiger partial charge is 0.233 e. The number of nitrogens with zero attached hydrogens (tertiary/aromatic N) is 1. The molecule has 0 fully saturated rings. The van der Waals surface area contributed by atoms with E-state index in [9.17, 15) is 9.90 Å². The van der Waals surface area contributed by atoms with Crippen molar-refractivity contribution in [1.82, 2.24) is 4.98 Å². The van der Waals surface area contributed by atoms with Crippen LogP contribution in [-0.2, 0) is 11.2 Å². The van der Waals surface area contributed by atoms with Crippen LogP contribution in [-0.4, -0.2) is 23.1 Å². The first kappa shape index (κ1) is 17.5. The van der Waals surface area contributed by atoms with E-state index in [1.165, 1.54) is 11.3 Å². The van der Waals surface area contributed by atoms with Crippen LogP contribution in [0.1, 0.15) is 29.5 Å². The van der Waals surface area contributed by atoms with Crippen molar-refractivity contribution in [3.8, 4) is 11.5 Å². The van der Waals surface area contributed by atoms with Gasteiger partial charge in [-0.2, -0.15) is 0 Å². The van der Waals surface area contributed by atoms with E-state index in [4.69, 9.17) is 4.74 Å². The Hall–Kier alpha value is -2.86. The van der Waals surface area contributed by atoms with Crippen LogP contribution in [0.3, 0.4) is 0 Å². The number of thiazole rings is 1. The number of phenols is 1. The van der Waals surface area contributed by atoms with Crippen LogP contribution in [0, 0.1) is 5.41 Å². The highest BCUT2D eigenvalue weighted by Crippen LogP contribution is 2.52. The molecule has 0 saturated heterocycles. The summed E-state index contributed by atoms with van der Waals surface area (Å²) in [6.07, 6.45) is 2.27. The molecule has 0 saturated carbocycles. The lowest BCUT2D eigenvalue weighted by Gasteiger charge is -2.31. The van der Waals surface area contributed by atoms with Gasteiger partial charge in [0.1, 0.15) is 11.5 Å². The minimum absolute atomic E-state index is 0.0824. The van der Waals surface area contributed by atoms with Gasteiger partial charge in [-0.05, 0) is 54.3 Å². The predicted molar refractivity (Wildman–Crippen MR) is 105 cm³/mol. The van der Waals surface area contributed by atoms with Crippen molar-refractivity contribution in [2.45, 2.75) is 19.3 Å². The second-order valence-corrected chi connectivity index (χ2v) is 7.87. The monoisotopic (exact) mass is 380 g/mol. The zero-order valence-electron chi connectivity index (χ0n) is 15.1. The SMILES string of the molecule is COc1ccc2c(c1)C(c1cccc(O)c1)C(C)(C(=O)Nc1nccs1)C2. The van der Waals surface area contributed by atoms with Gasteiger partial charge in [-0.3, -0.25) is 4.79 Å². The van der Waals surface area contributed by atoms with Crippen molar-refractivity contribution in [3.05, 3.63) is 70.7 Å². The van der Waals surface area contributed by atoms with Crippen LogP contribution in [0.15, 0.2) is 54.0 Å². The summed E-state index contributed by atoms with van der Waals surface area (Å²) in [5.74, 6) is 0.658. The van der Waals surface area contributed by atoms with Crippen LogP contribution >= 0.6 is 11.3 Å². The lowest BCUT2D eigenvalue weighted by atomic mass is 9.73. The molecule has 0 spiro atoms. The van der Waals surface area contributed by atoms with Gasteiger partial charge in [0.25, 0.3) is 0 Å². The molecule has 5 nitrogen and oxygen atoms in total. The molecule has 2 N–H and O–H groups in total. The highest BCUT2D eigenvalue weighted by atomic mass is 32.1. The highest BCUT2D eigenvalue weighted by Gasteiger charge is 2.49. The summed E-state index contributed by atoms with van der Waals surface area (Å²) in [5.41, 5.74) is 2.35. The summed E-state index contributed by atoms with van der Waals surface area (Å²) in [6, 6.07) is 13.1. The van der Waals surface area contributed by atoms with E-state index in [2.05, 4.69) is 10.3 Å². The van der Waals surface area contributed by atoms with E-state index in [-0.39, 0.29) is 17.6 Å². The fourth-order valence-electron chi connectivity index (χ4n) is 3.96. The summed E-state index contributed by atoms with van der Waals surface area (Å²) in [5, 5.41) is 15.4. The number of nitrogens with one attached hydrogen (secondary N) is 1. The third-order valence-electron chi connectivity index (χ3n) is 5.23. The Kier molecular flexibility index (Phi) is 4.36. The second kappa shape index (κ2) is 6.70. The summed E-state index contributed by atoms with van der Waals surface area (Å²) in [4.78, 5) is 17.5. The number of methoxy groups -OCH3 is 1. The lowest BCUT2D eigenvalue weighted by molar-refractivity contribution is -0.125. The number of carbonyl (C=O) groups excluding carboxylic acids is 1. The molecule has 27 heavy (non-hydrogen) atoms. The van der Waals surface area contributed by atoms with E-state index in [0.29, 0.717) is 11.6 Å². The minimum Gasteiger partial charge on any atom is -0.508 e. The van der Waals surface area contributed by atoms with Gasteiger partial charge < -0.3 is 15.2 Å². The van der Waals surface area contributed by atoms with E-state index >= 15 is 0 Å². The molecule has 1 aliphatic rings. The Bertz CT molecular complexity index is 987. The first-order valence-corrected chi connectivity index (χ1v) is 9.56.